The number of carbonyl (C=O) groups is 2. The van der Waals surface area contributed by atoms with Gasteiger partial charge in [-0.1, -0.05) is 6.92 Å². The van der Waals surface area contributed by atoms with E-state index in [4.69, 9.17) is 5.73 Å². The molecule has 94 valence electrons. The maximum absolute atomic E-state index is 11.3. The molecule has 0 aliphatic heterocycles. The molecule has 18 heavy (non-hydrogen) atoms. The van der Waals surface area contributed by atoms with Crippen molar-refractivity contribution in [1.29, 1.82) is 0 Å². The second-order valence-electron chi connectivity index (χ2n) is 4.13. The van der Waals surface area contributed by atoms with Crippen molar-refractivity contribution in [2.75, 3.05) is 5.32 Å². The number of nitrogens with one attached hydrogen (secondary N) is 1. The largest absolute Gasteiger partial charge is 0.364 e. The Morgan fingerprint density at radius 1 is 1.33 bits per heavy atom. The summed E-state index contributed by atoms with van der Waals surface area (Å²) in [5.74, 6) is -0.506. The normalized spacial score (nSPS) is 10.6. The van der Waals surface area contributed by atoms with Crippen molar-refractivity contribution in [1.82, 2.24) is 4.57 Å². The van der Waals surface area contributed by atoms with E-state index in [0.717, 1.165) is 16.6 Å². The van der Waals surface area contributed by atoms with E-state index in [-0.39, 0.29) is 5.91 Å². The summed E-state index contributed by atoms with van der Waals surface area (Å²) in [7, 11) is 1.78. The number of primary amides is 1. The average Bonchev–Trinajstić information content (AvgIpc) is 2.66. The minimum atomic E-state index is -0.465. The molecule has 0 aliphatic rings. The van der Waals surface area contributed by atoms with Crippen LogP contribution in [0.25, 0.3) is 10.9 Å². The van der Waals surface area contributed by atoms with E-state index in [1.807, 2.05) is 12.1 Å². The van der Waals surface area contributed by atoms with Gasteiger partial charge in [-0.2, -0.15) is 0 Å². The number of fused-ring (bicyclic) bond motifs is 1. The fourth-order valence-electron chi connectivity index (χ4n) is 1.91. The monoisotopic (exact) mass is 245 g/mol. The number of anilines is 1. The van der Waals surface area contributed by atoms with E-state index >= 15 is 0 Å². The SMILES string of the molecule is CCC(=O)Nc1ccc2c(c1)cc(C(N)=O)n2C. The molecule has 5 nitrogen and oxygen atoms in total. The number of hydrogen-bond donors (Lipinski definition) is 2. The van der Waals surface area contributed by atoms with Crippen molar-refractivity contribution >= 4 is 28.4 Å². The van der Waals surface area contributed by atoms with Gasteiger partial charge in [-0.05, 0) is 24.3 Å². The molecule has 0 fully saturated rings. The Bertz CT molecular complexity index is 628. The van der Waals surface area contributed by atoms with Crippen molar-refractivity contribution in [3.63, 3.8) is 0 Å². The van der Waals surface area contributed by atoms with Crippen LogP contribution >= 0.6 is 0 Å². The molecule has 1 aromatic heterocycles. The fourth-order valence-corrected chi connectivity index (χ4v) is 1.91. The third-order valence-corrected chi connectivity index (χ3v) is 2.90. The number of aryl methyl sites for hydroxylation is 1. The van der Waals surface area contributed by atoms with Gasteiger partial charge in [0.05, 0.1) is 0 Å². The van der Waals surface area contributed by atoms with Crippen LogP contribution in [0.15, 0.2) is 24.3 Å². The molecule has 2 aromatic rings. The first-order chi connectivity index (χ1) is 8.52. The van der Waals surface area contributed by atoms with E-state index < -0.39 is 5.91 Å². The van der Waals surface area contributed by atoms with Crippen molar-refractivity contribution in [2.24, 2.45) is 12.8 Å². The van der Waals surface area contributed by atoms with E-state index in [0.29, 0.717) is 12.1 Å². The van der Waals surface area contributed by atoms with Crippen LogP contribution in [0.1, 0.15) is 23.8 Å². The molecule has 2 amide bonds. The van der Waals surface area contributed by atoms with E-state index in [1.54, 1.807) is 30.7 Å². The molecule has 0 bridgehead atoms. The maximum atomic E-state index is 11.3. The van der Waals surface area contributed by atoms with Gasteiger partial charge >= 0.3 is 0 Å². The molecular formula is C13H15N3O2. The van der Waals surface area contributed by atoms with Crippen LogP contribution in [0.5, 0.6) is 0 Å². The number of nitrogens with zero attached hydrogens (tertiary/aromatic N) is 1. The van der Waals surface area contributed by atoms with E-state index in [2.05, 4.69) is 5.32 Å². The van der Waals surface area contributed by atoms with Crippen molar-refractivity contribution in [2.45, 2.75) is 13.3 Å². The first kappa shape index (κ1) is 12.2. The number of benzene rings is 1. The van der Waals surface area contributed by atoms with Crippen LogP contribution in [0.2, 0.25) is 0 Å². The number of hydrogen-bond acceptors (Lipinski definition) is 2. The molecule has 5 heteroatoms. The highest BCUT2D eigenvalue weighted by atomic mass is 16.2. The van der Waals surface area contributed by atoms with E-state index in [9.17, 15) is 9.59 Å². The Balaban J connectivity index is 2.46. The maximum Gasteiger partial charge on any atom is 0.265 e. The molecule has 1 heterocycles. The summed E-state index contributed by atoms with van der Waals surface area (Å²) in [6, 6.07) is 7.21. The Labute approximate surface area is 105 Å². The van der Waals surface area contributed by atoms with Gasteiger partial charge in [0.2, 0.25) is 5.91 Å². The second kappa shape index (κ2) is 4.52. The molecule has 0 saturated heterocycles. The van der Waals surface area contributed by atoms with Gasteiger partial charge in [0.1, 0.15) is 5.69 Å². The molecular weight excluding hydrogens is 230 g/mol. The average molecular weight is 245 g/mol. The predicted molar refractivity (Wildman–Crippen MR) is 70.4 cm³/mol. The molecule has 3 N–H and O–H groups in total. The summed E-state index contributed by atoms with van der Waals surface area (Å²) in [6.07, 6.45) is 0.430. The first-order valence-electron chi connectivity index (χ1n) is 5.72. The molecule has 2 rings (SSSR count). The lowest BCUT2D eigenvalue weighted by Gasteiger charge is -2.04. The topological polar surface area (TPSA) is 77.1 Å². The zero-order chi connectivity index (χ0) is 13.3. The van der Waals surface area contributed by atoms with Gasteiger partial charge in [-0.3, -0.25) is 9.59 Å². The van der Waals surface area contributed by atoms with Crippen LogP contribution in [0, 0.1) is 0 Å². The number of aromatic nitrogens is 1. The minimum Gasteiger partial charge on any atom is -0.364 e. The Morgan fingerprint density at radius 3 is 2.67 bits per heavy atom. The van der Waals surface area contributed by atoms with E-state index in [1.165, 1.54) is 0 Å². The highest BCUT2D eigenvalue weighted by Gasteiger charge is 2.10. The summed E-state index contributed by atoms with van der Waals surface area (Å²) in [6.45, 7) is 1.79. The number of amides is 2. The van der Waals surface area contributed by atoms with Crippen LogP contribution in [-0.4, -0.2) is 16.4 Å². The third kappa shape index (κ3) is 2.07. The van der Waals surface area contributed by atoms with Gasteiger partial charge < -0.3 is 15.6 Å². The van der Waals surface area contributed by atoms with Crippen molar-refractivity contribution in [3.8, 4) is 0 Å². The zero-order valence-electron chi connectivity index (χ0n) is 10.4. The van der Waals surface area contributed by atoms with Gasteiger partial charge in [0, 0.05) is 30.1 Å². The minimum absolute atomic E-state index is 0.0413. The third-order valence-electron chi connectivity index (χ3n) is 2.90. The van der Waals surface area contributed by atoms with Crippen LogP contribution < -0.4 is 11.1 Å². The lowest BCUT2D eigenvalue weighted by atomic mass is 10.2. The Kier molecular flexibility index (Phi) is 3.06. The molecule has 0 radical (unpaired) electrons. The van der Waals surface area contributed by atoms with Crippen LogP contribution in [0.4, 0.5) is 5.69 Å². The quantitative estimate of drug-likeness (QED) is 0.862. The van der Waals surface area contributed by atoms with Crippen LogP contribution in [0.3, 0.4) is 0 Å². The van der Waals surface area contributed by atoms with Gasteiger partial charge in [-0.25, -0.2) is 0 Å². The lowest BCUT2D eigenvalue weighted by molar-refractivity contribution is -0.115. The Hall–Kier alpha value is -2.30. The van der Waals surface area contributed by atoms with Gasteiger partial charge in [-0.15, -0.1) is 0 Å². The smallest absolute Gasteiger partial charge is 0.265 e. The summed E-state index contributed by atoms with van der Waals surface area (Å²) in [5, 5.41) is 3.65. The highest BCUT2D eigenvalue weighted by Crippen LogP contribution is 2.22. The predicted octanol–water partition coefficient (Wildman–Crippen LogP) is 1.63. The molecule has 0 spiro atoms. The molecule has 0 atom stereocenters. The second-order valence-corrected chi connectivity index (χ2v) is 4.13. The summed E-state index contributed by atoms with van der Waals surface area (Å²) < 4.78 is 1.74. The molecule has 0 unspecified atom stereocenters. The number of carbonyl (C=O) groups excluding carboxylic acids is 2. The van der Waals surface area contributed by atoms with Crippen molar-refractivity contribution in [3.05, 3.63) is 30.0 Å². The molecule has 0 saturated carbocycles. The molecule has 0 aliphatic carbocycles. The van der Waals surface area contributed by atoms with Crippen LogP contribution in [-0.2, 0) is 11.8 Å². The zero-order valence-corrected chi connectivity index (χ0v) is 10.4. The number of nitrogens with two attached hydrogens (primary N) is 1. The Morgan fingerprint density at radius 2 is 2.06 bits per heavy atom. The lowest BCUT2D eigenvalue weighted by Crippen LogP contribution is -2.14. The van der Waals surface area contributed by atoms with Gasteiger partial charge in [0.25, 0.3) is 5.91 Å². The standard InChI is InChI=1S/C13H15N3O2/c1-3-12(17)15-9-4-5-10-8(6-9)7-11(13(14)18)16(10)2/h4-7H,3H2,1-2H3,(H2,14,18)(H,15,17). The summed E-state index contributed by atoms with van der Waals surface area (Å²) in [5.41, 5.74) is 7.36. The number of rotatable bonds is 3. The fraction of sp³-hybridized carbons (Fsp3) is 0.231. The molecule has 1 aromatic carbocycles. The summed E-state index contributed by atoms with van der Waals surface area (Å²) >= 11 is 0. The van der Waals surface area contributed by atoms with Crippen molar-refractivity contribution < 1.29 is 9.59 Å². The van der Waals surface area contributed by atoms with Gasteiger partial charge in [0.15, 0.2) is 0 Å². The highest BCUT2D eigenvalue weighted by molar-refractivity contribution is 5.99. The summed E-state index contributed by atoms with van der Waals surface area (Å²) in [4.78, 5) is 22.5. The first-order valence-corrected chi connectivity index (χ1v) is 5.72.